The summed E-state index contributed by atoms with van der Waals surface area (Å²) in [6.45, 7) is 0. The van der Waals surface area contributed by atoms with Crippen LogP contribution in [0.25, 0.3) is 0 Å². The summed E-state index contributed by atoms with van der Waals surface area (Å²) in [6, 6.07) is 8.87. The molecule has 94 valence electrons. The van der Waals surface area contributed by atoms with E-state index in [1.165, 1.54) is 36.0 Å². The van der Waals surface area contributed by atoms with Gasteiger partial charge in [-0.1, -0.05) is 17.7 Å². The quantitative estimate of drug-likeness (QED) is 0.664. The number of anilines is 1. The minimum Gasteiger partial charge on any atom is -0.396 e. The van der Waals surface area contributed by atoms with Crippen molar-refractivity contribution in [2.45, 2.75) is 10.6 Å². The average Bonchev–Trinajstić information content (AvgIpc) is 2.32. The van der Waals surface area contributed by atoms with Crippen molar-refractivity contribution in [1.82, 2.24) is 0 Å². The second-order valence-electron chi connectivity index (χ2n) is 3.71. The van der Waals surface area contributed by atoms with E-state index in [9.17, 15) is 8.78 Å². The van der Waals surface area contributed by atoms with Crippen molar-refractivity contribution in [1.29, 1.82) is 0 Å². The maximum absolute atomic E-state index is 13.2. The lowest BCUT2D eigenvalue weighted by molar-refractivity contribution is 0.627. The summed E-state index contributed by atoms with van der Waals surface area (Å²) >= 11 is 7.32. The molecule has 0 bridgehead atoms. The van der Waals surface area contributed by atoms with Crippen LogP contribution < -0.4 is 5.73 Å². The molecule has 0 heterocycles. The molecular weight excluding hydrogens is 276 g/mol. The lowest BCUT2D eigenvalue weighted by atomic mass is 10.2. The predicted molar refractivity (Wildman–Crippen MR) is 71.8 cm³/mol. The molecule has 0 saturated heterocycles. The predicted octanol–water partition coefficient (Wildman–Crippen LogP) is 4.49. The van der Waals surface area contributed by atoms with Crippen LogP contribution in [0.5, 0.6) is 0 Å². The average molecular weight is 286 g/mol. The van der Waals surface area contributed by atoms with Gasteiger partial charge in [0.1, 0.15) is 11.6 Å². The summed E-state index contributed by atoms with van der Waals surface area (Å²) in [5, 5.41) is 0.374. The number of halogens is 3. The highest BCUT2D eigenvalue weighted by Crippen LogP contribution is 2.28. The van der Waals surface area contributed by atoms with Gasteiger partial charge < -0.3 is 5.73 Å². The zero-order chi connectivity index (χ0) is 13.1. The van der Waals surface area contributed by atoms with Crippen molar-refractivity contribution in [2.24, 2.45) is 0 Å². The molecule has 18 heavy (non-hydrogen) atoms. The molecule has 0 aliphatic heterocycles. The van der Waals surface area contributed by atoms with E-state index >= 15 is 0 Å². The van der Waals surface area contributed by atoms with Crippen LogP contribution in [0.3, 0.4) is 0 Å². The fraction of sp³-hybridized carbons (Fsp3) is 0.0769. The molecule has 0 radical (unpaired) electrons. The molecule has 1 nitrogen and oxygen atoms in total. The topological polar surface area (TPSA) is 26.0 Å². The van der Waals surface area contributed by atoms with E-state index in [0.717, 1.165) is 10.5 Å². The Bertz CT molecular complexity index is 575. The molecular formula is C13H10ClF2NS. The Kier molecular flexibility index (Phi) is 4.09. The number of hydrogen-bond donors (Lipinski definition) is 1. The summed E-state index contributed by atoms with van der Waals surface area (Å²) in [7, 11) is 0. The Labute approximate surface area is 113 Å². The highest BCUT2D eigenvalue weighted by atomic mass is 35.5. The Hall–Kier alpha value is -1.26. The minimum atomic E-state index is -0.440. The van der Waals surface area contributed by atoms with E-state index < -0.39 is 5.82 Å². The third kappa shape index (κ3) is 3.15. The third-order valence-electron chi connectivity index (χ3n) is 2.38. The van der Waals surface area contributed by atoms with Crippen LogP contribution in [-0.4, -0.2) is 0 Å². The minimum absolute atomic E-state index is 0.124. The Balaban J connectivity index is 2.09. The van der Waals surface area contributed by atoms with Gasteiger partial charge >= 0.3 is 0 Å². The zero-order valence-electron chi connectivity index (χ0n) is 9.29. The number of nitrogen functional groups attached to an aromatic ring is 1. The number of thioether (sulfide) groups is 1. The van der Waals surface area contributed by atoms with Gasteiger partial charge in [-0.2, -0.15) is 0 Å². The third-order valence-corrected chi connectivity index (χ3v) is 3.78. The summed E-state index contributed by atoms with van der Waals surface area (Å²) in [6.07, 6.45) is 0. The molecule has 2 N–H and O–H groups in total. The van der Waals surface area contributed by atoms with Crippen LogP contribution in [0.2, 0.25) is 5.02 Å². The van der Waals surface area contributed by atoms with Crippen molar-refractivity contribution in [2.75, 3.05) is 5.73 Å². The summed E-state index contributed by atoms with van der Waals surface area (Å²) in [5.74, 6) is -0.264. The normalized spacial score (nSPS) is 10.6. The summed E-state index contributed by atoms with van der Waals surface area (Å²) in [4.78, 5) is 0.752. The lowest BCUT2D eigenvalue weighted by Gasteiger charge is -2.05. The van der Waals surface area contributed by atoms with Crippen molar-refractivity contribution < 1.29 is 8.78 Å². The molecule has 0 aromatic heterocycles. The van der Waals surface area contributed by atoms with Crippen molar-refractivity contribution >= 4 is 29.1 Å². The van der Waals surface area contributed by atoms with Gasteiger partial charge in [-0.15, -0.1) is 11.8 Å². The van der Waals surface area contributed by atoms with Gasteiger partial charge in [-0.25, -0.2) is 8.78 Å². The van der Waals surface area contributed by atoms with E-state index in [1.54, 1.807) is 12.1 Å². The molecule has 2 aromatic carbocycles. The van der Waals surface area contributed by atoms with Gasteiger partial charge in [0.25, 0.3) is 0 Å². The smallest absolute Gasteiger partial charge is 0.147 e. The second-order valence-corrected chi connectivity index (χ2v) is 5.16. The van der Waals surface area contributed by atoms with E-state index in [4.69, 9.17) is 17.3 Å². The molecule has 0 atom stereocenters. The van der Waals surface area contributed by atoms with Crippen LogP contribution in [0.15, 0.2) is 41.3 Å². The van der Waals surface area contributed by atoms with Crippen LogP contribution in [0, 0.1) is 11.6 Å². The first-order valence-electron chi connectivity index (χ1n) is 5.18. The van der Waals surface area contributed by atoms with Gasteiger partial charge in [-0.05, 0) is 35.9 Å². The molecule has 5 heteroatoms. The molecule has 0 saturated carbocycles. The van der Waals surface area contributed by atoms with Crippen molar-refractivity contribution in [3.8, 4) is 0 Å². The number of hydrogen-bond acceptors (Lipinski definition) is 2. The first-order valence-corrected chi connectivity index (χ1v) is 6.54. The maximum atomic E-state index is 13.2. The van der Waals surface area contributed by atoms with Gasteiger partial charge in [0.15, 0.2) is 0 Å². The molecule has 0 aliphatic carbocycles. The first kappa shape index (κ1) is 13.2. The largest absolute Gasteiger partial charge is 0.396 e. The first-order chi connectivity index (χ1) is 8.56. The fourth-order valence-electron chi connectivity index (χ4n) is 1.40. The molecule has 0 spiro atoms. The lowest BCUT2D eigenvalue weighted by Crippen LogP contribution is -1.90. The Morgan fingerprint density at radius 2 is 1.89 bits per heavy atom. The zero-order valence-corrected chi connectivity index (χ0v) is 10.9. The van der Waals surface area contributed by atoms with Gasteiger partial charge in [-0.3, -0.25) is 0 Å². The number of benzene rings is 2. The van der Waals surface area contributed by atoms with Crippen LogP contribution in [0.4, 0.5) is 14.5 Å². The van der Waals surface area contributed by atoms with Crippen molar-refractivity contribution in [3.63, 3.8) is 0 Å². The molecule has 0 unspecified atom stereocenters. The van der Waals surface area contributed by atoms with Gasteiger partial charge in [0.2, 0.25) is 0 Å². The highest BCUT2D eigenvalue weighted by molar-refractivity contribution is 7.98. The molecule has 0 amide bonds. The Morgan fingerprint density at radius 1 is 1.11 bits per heavy atom. The number of nitrogens with two attached hydrogens (primary N) is 1. The van der Waals surface area contributed by atoms with Crippen LogP contribution in [-0.2, 0) is 5.75 Å². The second kappa shape index (κ2) is 5.59. The van der Waals surface area contributed by atoms with E-state index in [1.807, 2.05) is 0 Å². The maximum Gasteiger partial charge on any atom is 0.147 e. The molecule has 0 aliphatic rings. The van der Waals surface area contributed by atoms with E-state index in [-0.39, 0.29) is 11.5 Å². The SMILES string of the molecule is Nc1ccc(SCc2ccc(F)cc2Cl)cc1F. The monoisotopic (exact) mass is 285 g/mol. The van der Waals surface area contributed by atoms with E-state index in [2.05, 4.69) is 0 Å². The van der Waals surface area contributed by atoms with Gasteiger partial charge in [0, 0.05) is 15.7 Å². The van der Waals surface area contributed by atoms with E-state index in [0.29, 0.717) is 10.8 Å². The van der Waals surface area contributed by atoms with Crippen LogP contribution in [0.1, 0.15) is 5.56 Å². The summed E-state index contributed by atoms with van der Waals surface area (Å²) in [5.41, 5.74) is 6.32. The standard InChI is InChI=1S/C13H10ClF2NS/c14-11-5-9(15)2-1-8(11)7-18-10-3-4-13(17)12(16)6-10/h1-6H,7,17H2. The number of rotatable bonds is 3. The summed E-state index contributed by atoms with van der Waals surface area (Å²) < 4.78 is 26.1. The van der Waals surface area contributed by atoms with Gasteiger partial charge in [0.05, 0.1) is 5.69 Å². The fourth-order valence-corrected chi connectivity index (χ4v) is 2.64. The molecule has 0 fully saturated rings. The van der Waals surface area contributed by atoms with Crippen LogP contribution >= 0.6 is 23.4 Å². The Morgan fingerprint density at radius 3 is 2.56 bits per heavy atom. The molecule has 2 aromatic rings. The molecule has 2 rings (SSSR count). The highest BCUT2D eigenvalue weighted by Gasteiger charge is 2.05. The van der Waals surface area contributed by atoms with Crippen molar-refractivity contribution in [3.05, 3.63) is 58.6 Å².